The largest absolute Gasteiger partial charge is 0.501 e. The second-order valence-corrected chi connectivity index (χ2v) is 25.7. The summed E-state index contributed by atoms with van der Waals surface area (Å²) in [4.78, 5) is 0. The van der Waals surface area contributed by atoms with E-state index >= 15 is 0 Å². The number of rotatable bonds is 7. The Kier molecular flexibility index (Phi) is 6.45. The van der Waals surface area contributed by atoms with E-state index in [0.717, 1.165) is 12.8 Å². The molecule has 0 unspecified atom stereocenters. The first-order valence-corrected chi connectivity index (χ1v) is 20.1. The maximum absolute atomic E-state index is 6.72. The van der Waals surface area contributed by atoms with E-state index in [0.29, 0.717) is 0 Å². The highest BCUT2D eigenvalue weighted by Crippen LogP contribution is 2.34. The molecule has 128 valence electrons. The van der Waals surface area contributed by atoms with Crippen LogP contribution in [-0.4, -0.2) is 33.8 Å². The molecule has 0 aromatic rings. The third-order valence-electron chi connectivity index (χ3n) is 2.73. The summed E-state index contributed by atoms with van der Waals surface area (Å²) < 4.78 is 20.2. The highest BCUT2D eigenvalue weighted by Gasteiger charge is 2.52. The Bertz CT molecular complexity index is 398. The molecule has 0 heterocycles. The van der Waals surface area contributed by atoms with Crippen molar-refractivity contribution in [3.63, 3.8) is 0 Å². The summed E-state index contributed by atoms with van der Waals surface area (Å²) in [6, 6.07) is 0. The van der Waals surface area contributed by atoms with Gasteiger partial charge in [-0.15, -0.1) is 0 Å². The molecule has 0 atom stereocenters. The summed E-state index contributed by atoms with van der Waals surface area (Å²) in [5, 5.41) is 1.28. The average molecular weight is 375 g/mol. The third-order valence-corrected chi connectivity index (χ3v) is 14.5. The third kappa shape index (κ3) is 7.20. The van der Waals surface area contributed by atoms with Crippen LogP contribution < -0.4 is 0 Å². The lowest BCUT2D eigenvalue weighted by Crippen LogP contribution is -2.62. The van der Waals surface area contributed by atoms with Gasteiger partial charge in [0.15, 0.2) is 25.0 Å². The molecule has 0 radical (unpaired) electrons. The Morgan fingerprint density at radius 1 is 0.727 bits per heavy atom. The molecule has 1 rings (SSSR count). The monoisotopic (exact) mass is 374 g/mol. The standard InChI is InChI=1S/C15H34O3Si4/c1-19(2,3)16-22(17-20(4,5)6,18-21(7,8)9)15-13-11-10-12-14-15/h10-11,13H,12,14H2,1-9H3. The average Bonchev–Trinajstić information content (AvgIpc) is 2.22. The Labute approximate surface area is 141 Å². The van der Waals surface area contributed by atoms with Gasteiger partial charge in [-0.05, 0) is 77.0 Å². The fraction of sp³-hybridized carbons (Fsp3) is 0.733. The van der Waals surface area contributed by atoms with Gasteiger partial charge in [-0.3, -0.25) is 0 Å². The summed E-state index contributed by atoms with van der Waals surface area (Å²) in [5.74, 6) is 0. The summed E-state index contributed by atoms with van der Waals surface area (Å²) in [6.45, 7) is 20.1. The van der Waals surface area contributed by atoms with Crippen molar-refractivity contribution in [2.75, 3.05) is 0 Å². The Hall–Kier alpha value is 0.228. The zero-order chi connectivity index (χ0) is 17.2. The lowest BCUT2D eigenvalue weighted by molar-refractivity contribution is 0.264. The molecule has 0 aromatic heterocycles. The highest BCUT2D eigenvalue weighted by molar-refractivity contribution is 6.92. The van der Waals surface area contributed by atoms with E-state index in [1.165, 1.54) is 5.20 Å². The fourth-order valence-electron chi connectivity index (χ4n) is 2.33. The van der Waals surface area contributed by atoms with Crippen molar-refractivity contribution in [2.45, 2.75) is 71.8 Å². The summed E-state index contributed by atoms with van der Waals surface area (Å²) >= 11 is 0. The number of allylic oxidation sites excluding steroid dienone is 4. The molecule has 0 amide bonds. The number of hydrogen-bond donors (Lipinski definition) is 0. The molecule has 3 nitrogen and oxygen atoms in total. The van der Waals surface area contributed by atoms with Crippen LogP contribution in [0.2, 0.25) is 58.9 Å². The van der Waals surface area contributed by atoms with Crippen LogP contribution in [0.3, 0.4) is 0 Å². The molecule has 0 saturated carbocycles. The van der Waals surface area contributed by atoms with Crippen LogP contribution in [-0.2, 0) is 12.3 Å². The zero-order valence-electron chi connectivity index (χ0n) is 15.9. The quantitative estimate of drug-likeness (QED) is 0.566. The molecule has 7 heteroatoms. The minimum absolute atomic E-state index is 1.00. The van der Waals surface area contributed by atoms with E-state index in [1.807, 2.05) is 0 Å². The normalized spacial score (nSPS) is 17.6. The predicted molar refractivity (Wildman–Crippen MR) is 106 cm³/mol. The Balaban J connectivity index is 3.33. The van der Waals surface area contributed by atoms with Crippen LogP contribution in [0.25, 0.3) is 0 Å². The van der Waals surface area contributed by atoms with Gasteiger partial charge in [0.1, 0.15) is 0 Å². The maximum atomic E-state index is 6.72. The minimum atomic E-state index is -2.81. The van der Waals surface area contributed by atoms with Crippen LogP contribution in [0.15, 0.2) is 23.4 Å². The van der Waals surface area contributed by atoms with Crippen molar-refractivity contribution in [3.8, 4) is 0 Å². The van der Waals surface area contributed by atoms with E-state index in [9.17, 15) is 0 Å². The SMILES string of the molecule is C[Si](C)(C)O[Si](O[Si](C)(C)C)(O[Si](C)(C)C)C1=CC=CCC1. The zero-order valence-corrected chi connectivity index (χ0v) is 19.9. The first kappa shape index (κ1) is 20.3. The lowest BCUT2D eigenvalue weighted by Gasteiger charge is -2.44. The summed E-state index contributed by atoms with van der Waals surface area (Å²) in [6.07, 6.45) is 8.59. The Morgan fingerprint density at radius 2 is 1.14 bits per heavy atom. The first-order valence-electron chi connectivity index (χ1n) is 8.19. The van der Waals surface area contributed by atoms with Gasteiger partial charge < -0.3 is 12.3 Å². The maximum Gasteiger partial charge on any atom is 0.501 e. The molecular weight excluding hydrogens is 341 g/mol. The number of hydrogen-bond acceptors (Lipinski definition) is 3. The van der Waals surface area contributed by atoms with Crippen LogP contribution >= 0.6 is 0 Å². The molecule has 1 aliphatic rings. The van der Waals surface area contributed by atoms with Crippen molar-refractivity contribution < 1.29 is 12.3 Å². The molecule has 0 aliphatic heterocycles. The van der Waals surface area contributed by atoms with Gasteiger partial charge in [-0.1, -0.05) is 18.2 Å². The van der Waals surface area contributed by atoms with Gasteiger partial charge in [0, 0.05) is 0 Å². The first-order chi connectivity index (χ1) is 9.73. The molecular formula is C15H34O3Si4. The Morgan fingerprint density at radius 3 is 1.41 bits per heavy atom. The van der Waals surface area contributed by atoms with Gasteiger partial charge in [-0.2, -0.15) is 0 Å². The highest BCUT2D eigenvalue weighted by atomic mass is 28.5. The second-order valence-electron chi connectivity index (χ2n) is 8.86. The molecule has 0 N–H and O–H groups in total. The summed E-state index contributed by atoms with van der Waals surface area (Å²) in [5.41, 5.74) is 0. The lowest BCUT2D eigenvalue weighted by atomic mass is 10.2. The molecule has 0 aromatic carbocycles. The van der Waals surface area contributed by atoms with Crippen LogP contribution in [0.5, 0.6) is 0 Å². The molecule has 0 bridgehead atoms. The molecule has 1 aliphatic carbocycles. The predicted octanol–water partition coefficient (Wildman–Crippen LogP) is 5.30. The van der Waals surface area contributed by atoms with Gasteiger partial charge in [0.2, 0.25) is 0 Å². The molecule has 22 heavy (non-hydrogen) atoms. The smallest absolute Gasteiger partial charge is 0.414 e. The fourth-order valence-corrected chi connectivity index (χ4v) is 15.9. The van der Waals surface area contributed by atoms with Crippen molar-refractivity contribution >= 4 is 33.8 Å². The second kappa shape index (κ2) is 7.00. The topological polar surface area (TPSA) is 27.7 Å². The van der Waals surface area contributed by atoms with Crippen molar-refractivity contribution in [2.24, 2.45) is 0 Å². The molecule has 0 spiro atoms. The molecule has 0 fully saturated rings. The van der Waals surface area contributed by atoms with Gasteiger partial charge >= 0.3 is 8.80 Å². The van der Waals surface area contributed by atoms with Crippen LogP contribution in [0.1, 0.15) is 12.8 Å². The summed E-state index contributed by atoms with van der Waals surface area (Å²) in [7, 11) is -8.16. The minimum Gasteiger partial charge on any atom is -0.414 e. The van der Waals surface area contributed by atoms with E-state index in [-0.39, 0.29) is 0 Å². The van der Waals surface area contributed by atoms with Gasteiger partial charge in [-0.25, -0.2) is 0 Å². The van der Waals surface area contributed by atoms with Crippen LogP contribution in [0.4, 0.5) is 0 Å². The molecule has 0 saturated heterocycles. The van der Waals surface area contributed by atoms with Crippen molar-refractivity contribution in [3.05, 3.63) is 23.4 Å². The van der Waals surface area contributed by atoms with E-state index in [4.69, 9.17) is 12.3 Å². The van der Waals surface area contributed by atoms with Crippen molar-refractivity contribution in [1.29, 1.82) is 0 Å². The van der Waals surface area contributed by atoms with Gasteiger partial charge in [0.25, 0.3) is 0 Å². The van der Waals surface area contributed by atoms with Gasteiger partial charge in [0.05, 0.1) is 0 Å². The van der Waals surface area contributed by atoms with Crippen molar-refractivity contribution in [1.82, 2.24) is 0 Å². The van der Waals surface area contributed by atoms with E-state index < -0.39 is 33.8 Å². The van der Waals surface area contributed by atoms with E-state index in [2.05, 4.69) is 77.2 Å². The van der Waals surface area contributed by atoms with E-state index in [1.54, 1.807) is 0 Å². The van der Waals surface area contributed by atoms with Crippen LogP contribution in [0, 0.1) is 0 Å².